The van der Waals surface area contributed by atoms with Gasteiger partial charge in [-0.1, -0.05) is 39.8 Å². The molecule has 0 amide bonds. The van der Waals surface area contributed by atoms with Gasteiger partial charge in [0.1, 0.15) is 12.2 Å². The zero-order valence-corrected chi connectivity index (χ0v) is 13.2. The Hall–Kier alpha value is -0.453. The van der Waals surface area contributed by atoms with E-state index >= 15 is 0 Å². The highest BCUT2D eigenvalue weighted by Gasteiger charge is 2.49. The molecule has 2 aliphatic heterocycles. The Morgan fingerprint density at radius 1 is 1.22 bits per heavy atom. The van der Waals surface area contributed by atoms with Gasteiger partial charge in [0.05, 0.1) is 6.10 Å². The van der Waals surface area contributed by atoms with Crippen LogP contribution >= 0.6 is 0 Å². The lowest BCUT2D eigenvalue weighted by molar-refractivity contribution is -0.151. The maximum Gasteiger partial charge on any atom is 0.193 e. The number of ketones is 1. The van der Waals surface area contributed by atoms with Crippen molar-refractivity contribution < 1.29 is 14.0 Å². The van der Waals surface area contributed by atoms with E-state index in [2.05, 4.69) is 33.9 Å². The molecule has 3 nitrogen and oxygen atoms in total. The SMILES string of the molecule is C[C@@H]1C(=O)[C@H](O[Si](C)(C)C(C)(C)C)[C@H]2C=C[C@@H]1O2. The van der Waals surface area contributed by atoms with Crippen LogP contribution in [-0.2, 0) is 14.0 Å². The predicted octanol–water partition coefficient (Wildman–Crippen LogP) is 2.92. The minimum atomic E-state index is -1.94. The lowest BCUT2D eigenvalue weighted by Crippen LogP contribution is -2.54. The summed E-state index contributed by atoms with van der Waals surface area (Å²) in [5, 5.41) is 0.107. The number of Topliss-reactive ketones (excluding diaryl/α,β-unsaturated/α-hetero) is 1. The molecule has 2 rings (SSSR count). The van der Waals surface area contributed by atoms with E-state index in [1.165, 1.54) is 0 Å². The van der Waals surface area contributed by atoms with Gasteiger partial charge in [-0.05, 0) is 18.1 Å². The van der Waals surface area contributed by atoms with Crippen LogP contribution in [0, 0.1) is 5.92 Å². The van der Waals surface area contributed by atoms with Crippen LogP contribution in [0.5, 0.6) is 0 Å². The number of hydrogen-bond acceptors (Lipinski definition) is 3. The molecule has 0 aromatic carbocycles. The third-order valence-corrected chi connectivity index (χ3v) is 9.01. The largest absolute Gasteiger partial charge is 0.404 e. The van der Waals surface area contributed by atoms with E-state index < -0.39 is 14.4 Å². The van der Waals surface area contributed by atoms with Crippen LogP contribution in [0.15, 0.2) is 12.2 Å². The van der Waals surface area contributed by atoms with Gasteiger partial charge in [-0.2, -0.15) is 0 Å². The molecule has 0 unspecified atom stereocenters. The average molecular weight is 268 g/mol. The molecule has 0 spiro atoms. The molecule has 2 heterocycles. The molecular formula is C14H24O3Si. The summed E-state index contributed by atoms with van der Waals surface area (Å²) < 4.78 is 12.1. The zero-order chi connectivity index (χ0) is 13.7. The van der Waals surface area contributed by atoms with E-state index in [-0.39, 0.29) is 28.9 Å². The lowest BCUT2D eigenvalue weighted by Gasteiger charge is -2.42. The molecule has 4 heteroatoms. The van der Waals surface area contributed by atoms with Crippen molar-refractivity contribution in [2.75, 3.05) is 0 Å². The second-order valence-electron chi connectivity index (χ2n) is 6.94. The summed E-state index contributed by atoms with van der Waals surface area (Å²) in [6.07, 6.45) is 3.37. The first kappa shape index (κ1) is 14.0. The van der Waals surface area contributed by atoms with Crippen molar-refractivity contribution in [2.45, 2.75) is 64.1 Å². The summed E-state index contributed by atoms with van der Waals surface area (Å²) in [6, 6.07) is 0. The van der Waals surface area contributed by atoms with Crippen LogP contribution in [-0.4, -0.2) is 32.4 Å². The van der Waals surface area contributed by atoms with Crippen molar-refractivity contribution in [2.24, 2.45) is 5.92 Å². The van der Waals surface area contributed by atoms with Gasteiger partial charge in [-0.25, -0.2) is 0 Å². The monoisotopic (exact) mass is 268 g/mol. The van der Waals surface area contributed by atoms with Crippen LogP contribution in [0.3, 0.4) is 0 Å². The molecule has 0 aromatic rings. The zero-order valence-electron chi connectivity index (χ0n) is 12.2. The summed E-state index contributed by atoms with van der Waals surface area (Å²) >= 11 is 0. The minimum Gasteiger partial charge on any atom is -0.404 e. The Morgan fingerprint density at radius 2 is 1.78 bits per heavy atom. The van der Waals surface area contributed by atoms with Gasteiger partial charge in [0.2, 0.25) is 0 Å². The van der Waals surface area contributed by atoms with Crippen molar-refractivity contribution in [3.05, 3.63) is 12.2 Å². The molecule has 0 aromatic heterocycles. The molecule has 1 fully saturated rings. The third kappa shape index (κ3) is 2.21. The summed E-state index contributed by atoms with van der Waals surface area (Å²) in [7, 11) is -1.94. The first-order valence-corrected chi connectivity index (χ1v) is 9.59. The molecule has 4 atom stereocenters. The molecule has 0 N–H and O–H groups in total. The predicted molar refractivity (Wildman–Crippen MR) is 74.0 cm³/mol. The van der Waals surface area contributed by atoms with Gasteiger partial charge >= 0.3 is 0 Å². The van der Waals surface area contributed by atoms with E-state index in [4.69, 9.17) is 9.16 Å². The Labute approximate surface area is 111 Å². The topological polar surface area (TPSA) is 35.5 Å². The quantitative estimate of drug-likeness (QED) is 0.570. The molecule has 2 bridgehead atoms. The van der Waals surface area contributed by atoms with E-state index in [1.807, 2.05) is 19.1 Å². The van der Waals surface area contributed by atoms with E-state index in [9.17, 15) is 4.79 Å². The fourth-order valence-corrected chi connectivity index (χ4v) is 3.39. The molecule has 18 heavy (non-hydrogen) atoms. The lowest BCUT2D eigenvalue weighted by atomic mass is 9.94. The summed E-state index contributed by atoms with van der Waals surface area (Å²) in [4.78, 5) is 12.4. The number of hydrogen-bond donors (Lipinski definition) is 0. The molecule has 0 radical (unpaired) electrons. The second-order valence-corrected chi connectivity index (χ2v) is 11.7. The summed E-state index contributed by atoms with van der Waals surface area (Å²) in [5.41, 5.74) is 0. The molecule has 2 aliphatic rings. The summed E-state index contributed by atoms with van der Waals surface area (Å²) in [5.74, 6) is 0.112. The molecule has 1 saturated heterocycles. The second kappa shape index (κ2) is 4.29. The van der Waals surface area contributed by atoms with Crippen molar-refractivity contribution in [1.82, 2.24) is 0 Å². The fraction of sp³-hybridized carbons (Fsp3) is 0.786. The fourth-order valence-electron chi connectivity index (χ4n) is 2.15. The maximum absolute atomic E-state index is 12.4. The number of carbonyl (C=O) groups excluding carboxylic acids is 1. The van der Waals surface area contributed by atoms with Crippen molar-refractivity contribution in [3.8, 4) is 0 Å². The van der Waals surface area contributed by atoms with Crippen molar-refractivity contribution >= 4 is 14.1 Å². The Kier molecular flexibility index (Phi) is 3.33. The number of carbonyl (C=O) groups is 1. The highest BCUT2D eigenvalue weighted by molar-refractivity contribution is 6.74. The van der Waals surface area contributed by atoms with Crippen molar-refractivity contribution in [1.29, 1.82) is 0 Å². The smallest absolute Gasteiger partial charge is 0.193 e. The van der Waals surface area contributed by atoms with Crippen LogP contribution in [0.1, 0.15) is 27.7 Å². The first-order valence-electron chi connectivity index (χ1n) is 6.69. The average Bonchev–Trinajstić information content (AvgIpc) is 2.66. The molecule has 102 valence electrons. The minimum absolute atomic E-state index is 0.0400. The highest BCUT2D eigenvalue weighted by atomic mass is 28.4. The highest BCUT2D eigenvalue weighted by Crippen LogP contribution is 2.40. The standard InChI is InChI=1S/C14H24O3Si/c1-9-10-7-8-11(16-10)13(12(9)15)17-18(5,6)14(2,3)4/h7-11,13H,1-6H3/t9-,10-,11+,13+/m0/s1. The normalized spacial score (nSPS) is 36.2. The van der Waals surface area contributed by atoms with Gasteiger partial charge in [0.15, 0.2) is 14.1 Å². The van der Waals surface area contributed by atoms with Gasteiger partial charge in [-0.15, -0.1) is 0 Å². The maximum atomic E-state index is 12.4. The van der Waals surface area contributed by atoms with Crippen LogP contribution < -0.4 is 0 Å². The molecule has 0 saturated carbocycles. The van der Waals surface area contributed by atoms with Gasteiger partial charge in [0, 0.05) is 5.92 Å². The van der Waals surface area contributed by atoms with Gasteiger partial charge in [0.25, 0.3) is 0 Å². The first-order chi connectivity index (χ1) is 8.13. The van der Waals surface area contributed by atoms with Crippen LogP contribution in [0.2, 0.25) is 18.1 Å². The molecule has 0 aliphatic carbocycles. The summed E-state index contributed by atoms with van der Waals surface area (Å²) in [6.45, 7) is 12.8. The number of rotatable bonds is 2. The van der Waals surface area contributed by atoms with E-state index in [0.717, 1.165) is 0 Å². The van der Waals surface area contributed by atoms with E-state index in [0.29, 0.717) is 0 Å². The van der Waals surface area contributed by atoms with Gasteiger partial charge in [-0.3, -0.25) is 4.79 Å². The Morgan fingerprint density at radius 3 is 2.33 bits per heavy atom. The van der Waals surface area contributed by atoms with E-state index in [1.54, 1.807) is 0 Å². The Balaban J connectivity index is 2.18. The molecular weight excluding hydrogens is 244 g/mol. The van der Waals surface area contributed by atoms with Gasteiger partial charge < -0.3 is 9.16 Å². The Bertz CT molecular complexity index is 381. The van der Waals surface area contributed by atoms with Crippen LogP contribution in [0.25, 0.3) is 0 Å². The number of ether oxygens (including phenoxy) is 1. The third-order valence-electron chi connectivity index (χ3n) is 4.55. The van der Waals surface area contributed by atoms with Crippen molar-refractivity contribution in [3.63, 3.8) is 0 Å². The number of fused-ring (bicyclic) bond motifs is 2. The van der Waals surface area contributed by atoms with Crippen LogP contribution in [0.4, 0.5) is 0 Å².